The lowest BCUT2D eigenvalue weighted by Gasteiger charge is -2.28. The molecule has 1 heterocycles. The van der Waals surface area contributed by atoms with E-state index >= 15 is 0 Å². The highest BCUT2D eigenvalue weighted by molar-refractivity contribution is 5.86. The molecule has 0 atom stereocenters. The van der Waals surface area contributed by atoms with E-state index in [1.54, 1.807) is 6.92 Å². The van der Waals surface area contributed by atoms with Crippen molar-refractivity contribution >= 4 is 5.97 Å². The third kappa shape index (κ3) is 3.93. The Kier molecular flexibility index (Phi) is 4.74. The van der Waals surface area contributed by atoms with Crippen molar-refractivity contribution in [2.45, 2.75) is 26.2 Å². The Hall–Kier alpha value is -1.61. The Bertz CT molecular complexity index is 455. The third-order valence-electron chi connectivity index (χ3n) is 3.87. The highest BCUT2D eigenvalue weighted by atomic mass is 16.4. The fraction of sp³-hybridized carbons (Fsp3) is 0.438. The molecule has 0 saturated carbocycles. The van der Waals surface area contributed by atoms with Crippen molar-refractivity contribution in [3.05, 3.63) is 47.0 Å². The van der Waals surface area contributed by atoms with Crippen LogP contribution in [-0.2, 0) is 11.2 Å². The predicted octanol–water partition coefficient (Wildman–Crippen LogP) is 2.73. The van der Waals surface area contributed by atoms with Gasteiger partial charge >= 0.3 is 5.97 Å². The molecule has 3 heteroatoms. The summed E-state index contributed by atoms with van der Waals surface area (Å²) in [6, 6.07) is 10.5. The van der Waals surface area contributed by atoms with Crippen molar-refractivity contribution in [3.8, 4) is 0 Å². The van der Waals surface area contributed by atoms with Gasteiger partial charge in [0.2, 0.25) is 0 Å². The molecule has 0 radical (unpaired) electrons. The Morgan fingerprint density at radius 2 is 1.84 bits per heavy atom. The van der Waals surface area contributed by atoms with Gasteiger partial charge in [-0.15, -0.1) is 0 Å². The van der Waals surface area contributed by atoms with Crippen molar-refractivity contribution in [3.63, 3.8) is 0 Å². The van der Waals surface area contributed by atoms with E-state index < -0.39 is 5.97 Å². The lowest BCUT2D eigenvalue weighted by molar-refractivity contribution is -0.132. The van der Waals surface area contributed by atoms with Crippen LogP contribution in [0.3, 0.4) is 0 Å². The average molecular weight is 259 g/mol. The summed E-state index contributed by atoms with van der Waals surface area (Å²) < 4.78 is 0. The highest BCUT2D eigenvalue weighted by Gasteiger charge is 2.17. The molecule has 19 heavy (non-hydrogen) atoms. The van der Waals surface area contributed by atoms with E-state index in [0.29, 0.717) is 5.57 Å². The summed E-state index contributed by atoms with van der Waals surface area (Å²) >= 11 is 0. The fourth-order valence-corrected chi connectivity index (χ4v) is 2.50. The van der Waals surface area contributed by atoms with Crippen LogP contribution >= 0.6 is 0 Å². The normalized spacial score (nSPS) is 16.4. The van der Waals surface area contributed by atoms with Gasteiger partial charge < -0.3 is 10.0 Å². The average Bonchev–Trinajstić information content (AvgIpc) is 2.46. The number of aliphatic carboxylic acids is 1. The van der Waals surface area contributed by atoms with Crippen LogP contribution in [0.15, 0.2) is 41.5 Å². The summed E-state index contributed by atoms with van der Waals surface area (Å²) in [5.74, 6) is -0.771. The van der Waals surface area contributed by atoms with Crippen LogP contribution in [0.5, 0.6) is 0 Å². The predicted molar refractivity (Wildman–Crippen MR) is 76.2 cm³/mol. The number of carboxylic acids is 1. The van der Waals surface area contributed by atoms with Gasteiger partial charge in [0, 0.05) is 25.2 Å². The van der Waals surface area contributed by atoms with Crippen LogP contribution < -0.4 is 0 Å². The van der Waals surface area contributed by atoms with Crippen LogP contribution in [0.2, 0.25) is 0 Å². The maximum absolute atomic E-state index is 10.9. The Morgan fingerprint density at radius 1 is 1.21 bits per heavy atom. The van der Waals surface area contributed by atoms with Crippen molar-refractivity contribution in [2.24, 2.45) is 0 Å². The highest BCUT2D eigenvalue weighted by Crippen LogP contribution is 2.20. The van der Waals surface area contributed by atoms with E-state index in [9.17, 15) is 4.79 Å². The molecule has 1 fully saturated rings. The summed E-state index contributed by atoms with van der Waals surface area (Å²) in [5.41, 5.74) is 3.02. The van der Waals surface area contributed by atoms with Crippen LogP contribution in [-0.4, -0.2) is 35.6 Å². The molecule has 1 N–H and O–H groups in total. The number of benzene rings is 1. The molecule has 0 spiro atoms. The first-order valence-corrected chi connectivity index (χ1v) is 6.85. The third-order valence-corrected chi connectivity index (χ3v) is 3.87. The van der Waals surface area contributed by atoms with Crippen LogP contribution in [0, 0.1) is 0 Å². The lowest BCUT2D eigenvalue weighted by atomic mass is 9.98. The Balaban J connectivity index is 1.81. The van der Waals surface area contributed by atoms with E-state index in [4.69, 9.17) is 5.11 Å². The molecule has 1 aromatic carbocycles. The molecule has 2 rings (SSSR count). The molecule has 1 aliphatic heterocycles. The smallest absolute Gasteiger partial charge is 0.331 e. The Morgan fingerprint density at radius 3 is 2.42 bits per heavy atom. The summed E-state index contributed by atoms with van der Waals surface area (Å²) in [4.78, 5) is 13.3. The molecule has 1 saturated heterocycles. The van der Waals surface area contributed by atoms with Crippen LogP contribution in [0.25, 0.3) is 0 Å². The van der Waals surface area contributed by atoms with Crippen LogP contribution in [0.1, 0.15) is 25.3 Å². The monoisotopic (exact) mass is 259 g/mol. The minimum Gasteiger partial charge on any atom is -0.478 e. The zero-order valence-corrected chi connectivity index (χ0v) is 11.4. The van der Waals surface area contributed by atoms with Gasteiger partial charge in [0.25, 0.3) is 0 Å². The van der Waals surface area contributed by atoms with E-state index in [-0.39, 0.29) is 0 Å². The lowest BCUT2D eigenvalue weighted by Crippen LogP contribution is -2.33. The van der Waals surface area contributed by atoms with E-state index in [2.05, 4.69) is 29.2 Å². The molecular weight excluding hydrogens is 238 g/mol. The van der Waals surface area contributed by atoms with Crippen molar-refractivity contribution in [1.29, 1.82) is 0 Å². The van der Waals surface area contributed by atoms with Crippen molar-refractivity contribution < 1.29 is 9.90 Å². The van der Waals surface area contributed by atoms with Gasteiger partial charge in [0.15, 0.2) is 0 Å². The first-order chi connectivity index (χ1) is 9.16. The van der Waals surface area contributed by atoms with Gasteiger partial charge in [0.1, 0.15) is 0 Å². The molecule has 0 bridgehead atoms. The maximum Gasteiger partial charge on any atom is 0.331 e. The minimum atomic E-state index is -0.771. The number of piperidine rings is 1. The number of carboxylic acid groups (broad SMARTS) is 1. The van der Waals surface area contributed by atoms with Gasteiger partial charge in [-0.1, -0.05) is 35.9 Å². The molecule has 0 unspecified atom stereocenters. The van der Waals surface area contributed by atoms with Gasteiger partial charge in [-0.2, -0.15) is 0 Å². The number of hydrogen-bond acceptors (Lipinski definition) is 2. The van der Waals surface area contributed by atoms with E-state index in [1.807, 2.05) is 6.07 Å². The summed E-state index contributed by atoms with van der Waals surface area (Å²) in [5, 5.41) is 8.98. The largest absolute Gasteiger partial charge is 0.478 e. The van der Waals surface area contributed by atoms with E-state index in [1.165, 1.54) is 5.56 Å². The van der Waals surface area contributed by atoms with E-state index in [0.717, 1.165) is 44.5 Å². The zero-order chi connectivity index (χ0) is 13.7. The number of likely N-dealkylation sites (tertiary alicyclic amines) is 1. The summed E-state index contributed by atoms with van der Waals surface area (Å²) in [6.45, 7) is 4.74. The van der Waals surface area contributed by atoms with Crippen molar-refractivity contribution in [1.82, 2.24) is 4.90 Å². The fourth-order valence-electron chi connectivity index (χ4n) is 2.50. The molecule has 0 amide bonds. The number of carbonyl (C=O) groups is 1. The van der Waals surface area contributed by atoms with Crippen LogP contribution in [0.4, 0.5) is 0 Å². The Labute approximate surface area is 114 Å². The molecule has 1 aromatic rings. The molecule has 3 nitrogen and oxygen atoms in total. The molecule has 1 aliphatic rings. The molecular formula is C16H21NO2. The number of rotatable bonds is 4. The quantitative estimate of drug-likeness (QED) is 0.845. The standard InChI is InChI=1S/C16H21NO2/c1-13(16(18)19)15-8-11-17(12-9-15)10-7-14-5-3-2-4-6-14/h2-6H,7-12H2,1H3,(H,18,19). The molecule has 0 aromatic heterocycles. The second-order valence-corrected chi connectivity index (χ2v) is 5.11. The second-order valence-electron chi connectivity index (χ2n) is 5.11. The maximum atomic E-state index is 10.9. The topological polar surface area (TPSA) is 40.5 Å². The summed E-state index contributed by atoms with van der Waals surface area (Å²) in [7, 11) is 0. The molecule has 0 aliphatic carbocycles. The van der Waals surface area contributed by atoms with Gasteiger partial charge in [-0.3, -0.25) is 0 Å². The van der Waals surface area contributed by atoms with Gasteiger partial charge in [-0.25, -0.2) is 4.79 Å². The second kappa shape index (κ2) is 6.53. The SMILES string of the molecule is CC(C(=O)O)=C1CCN(CCc2ccccc2)CC1. The number of nitrogens with zero attached hydrogens (tertiary/aromatic N) is 1. The minimum absolute atomic E-state index is 0.544. The first kappa shape index (κ1) is 13.8. The first-order valence-electron chi connectivity index (χ1n) is 6.85. The summed E-state index contributed by atoms with van der Waals surface area (Å²) in [6.07, 6.45) is 2.86. The van der Waals surface area contributed by atoms with Gasteiger partial charge in [-0.05, 0) is 31.7 Å². The van der Waals surface area contributed by atoms with Gasteiger partial charge in [0.05, 0.1) is 0 Å². The molecule has 102 valence electrons. The van der Waals surface area contributed by atoms with Crippen molar-refractivity contribution in [2.75, 3.05) is 19.6 Å². The zero-order valence-electron chi connectivity index (χ0n) is 11.4. The number of hydrogen-bond donors (Lipinski definition) is 1.